The number of nitrogens with two attached hydrogens (primary N) is 1. The Kier molecular flexibility index (Phi) is 5.74. The third-order valence-electron chi connectivity index (χ3n) is 6.15. The molecule has 0 bridgehead atoms. The summed E-state index contributed by atoms with van der Waals surface area (Å²) in [6.45, 7) is 6.62. The van der Waals surface area contributed by atoms with Crippen LogP contribution in [0, 0.1) is 12.8 Å². The molecule has 0 spiro atoms. The average molecular weight is 412 g/mol. The minimum atomic E-state index is -0.441. The third kappa shape index (κ3) is 3.91. The molecule has 0 aliphatic carbocycles. The quantitative estimate of drug-likeness (QED) is 0.808. The van der Waals surface area contributed by atoms with Crippen molar-refractivity contribution >= 4 is 28.7 Å². The minimum Gasteiger partial charge on any atom is -0.494 e. The Balaban J connectivity index is 1.45. The lowest BCUT2D eigenvalue weighted by Gasteiger charge is -2.34. The Hall–Kier alpha value is -2.90. The highest BCUT2D eigenvalue weighted by molar-refractivity contribution is 5.88. The lowest BCUT2D eigenvalue weighted by Crippen LogP contribution is -2.48. The average Bonchev–Trinajstić information content (AvgIpc) is 3.24. The van der Waals surface area contributed by atoms with Gasteiger partial charge in [0, 0.05) is 30.9 Å². The summed E-state index contributed by atoms with van der Waals surface area (Å²) < 4.78 is 5.58. The van der Waals surface area contributed by atoms with E-state index in [1.165, 1.54) is 0 Å². The molecule has 1 aromatic carbocycles. The molecule has 8 nitrogen and oxygen atoms in total. The molecule has 2 aliphatic rings. The number of amides is 2. The first-order chi connectivity index (χ1) is 14.5. The van der Waals surface area contributed by atoms with Crippen molar-refractivity contribution in [1.29, 1.82) is 0 Å². The highest BCUT2D eigenvalue weighted by atomic mass is 16.5. The van der Waals surface area contributed by atoms with Gasteiger partial charge in [0.1, 0.15) is 11.8 Å². The summed E-state index contributed by atoms with van der Waals surface area (Å²) in [4.78, 5) is 37.8. The summed E-state index contributed by atoms with van der Waals surface area (Å²) in [7, 11) is 0. The number of rotatable bonds is 5. The molecule has 2 N–H and O–H groups in total. The van der Waals surface area contributed by atoms with Gasteiger partial charge in [-0.25, -0.2) is 9.97 Å². The molecular weight excluding hydrogens is 382 g/mol. The number of piperidine rings is 1. The number of anilines is 1. The number of ether oxygens (including phenoxy) is 1. The molecule has 3 heterocycles. The van der Waals surface area contributed by atoms with Crippen molar-refractivity contribution in [2.75, 3.05) is 31.1 Å². The van der Waals surface area contributed by atoms with Crippen molar-refractivity contribution in [2.45, 2.75) is 45.6 Å². The zero-order chi connectivity index (χ0) is 21.3. The smallest absolute Gasteiger partial charge is 0.240 e. The van der Waals surface area contributed by atoms with E-state index in [4.69, 9.17) is 20.4 Å². The van der Waals surface area contributed by atoms with Gasteiger partial charge in [-0.3, -0.25) is 9.59 Å². The minimum absolute atomic E-state index is 0.0648. The third-order valence-corrected chi connectivity index (χ3v) is 6.15. The first-order valence-corrected chi connectivity index (χ1v) is 10.7. The lowest BCUT2D eigenvalue weighted by molar-refractivity contribution is -0.141. The van der Waals surface area contributed by atoms with Crippen LogP contribution in [0.25, 0.3) is 10.9 Å². The monoisotopic (exact) mass is 411 g/mol. The summed E-state index contributed by atoms with van der Waals surface area (Å²) in [6, 6.07) is 5.43. The summed E-state index contributed by atoms with van der Waals surface area (Å²) in [5.41, 5.74) is 7.28. The molecule has 0 saturated carbocycles. The predicted molar refractivity (Wildman–Crippen MR) is 114 cm³/mol. The van der Waals surface area contributed by atoms with Crippen molar-refractivity contribution in [3.8, 4) is 5.75 Å². The molecule has 8 heteroatoms. The van der Waals surface area contributed by atoms with Crippen LogP contribution in [0.5, 0.6) is 5.75 Å². The topological polar surface area (TPSA) is 102 Å². The van der Waals surface area contributed by atoms with E-state index in [-0.39, 0.29) is 11.8 Å². The number of nitrogens with zero attached hydrogens (tertiary/aromatic N) is 4. The van der Waals surface area contributed by atoms with Crippen molar-refractivity contribution in [1.82, 2.24) is 14.9 Å². The Labute approximate surface area is 176 Å². The second-order valence-corrected chi connectivity index (χ2v) is 8.07. The number of fused-ring (bicyclic) bond motifs is 1. The fraction of sp³-hybridized carbons (Fsp3) is 0.545. The van der Waals surface area contributed by atoms with E-state index in [1.54, 1.807) is 4.90 Å². The molecule has 2 aromatic rings. The second-order valence-electron chi connectivity index (χ2n) is 8.07. The lowest BCUT2D eigenvalue weighted by atomic mass is 9.95. The molecule has 1 atom stereocenters. The van der Waals surface area contributed by atoms with E-state index >= 15 is 0 Å². The van der Waals surface area contributed by atoms with Crippen molar-refractivity contribution in [3.63, 3.8) is 0 Å². The molecule has 2 amide bonds. The maximum atomic E-state index is 12.9. The number of aromatic nitrogens is 2. The number of benzene rings is 1. The summed E-state index contributed by atoms with van der Waals surface area (Å²) >= 11 is 0. The van der Waals surface area contributed by atoms with Crippen molar-refractivity contribution in [3.05, 3.63) is 23.9 Å². The van der Waals surface area contributed by atoms with Crippen LogP contribution in [-0.2, 0) is 9.59 Å². The molecule has 2 aliphatic heterocycles. The van der Waals surface area contributed by atoms with E-state index in [0.29, 0.717) is 38.6 Å². The van der Waals surface area contributed by atoms with Crippen LogP contribution in [0.3, 0.4) is 0 Å². The van der Waals surface area contributed by atoms with Gasteiger partial charge >= 0.3 is 0 Å². The maximum absolute atomic E-state index is 12.9. The van der Waals surface area contributed by atoms with Gasteiger partial charge in [-0.05, 0) is 57.7 Å². The van der Waals surface area contributed by atoms with Gasteiger partial charge in [0.2, 0.25) is 17.8 Å². The van der Waals surface area contributed by atoms with Gasteiger partial charge in [-0.1, -0.05) is 0 Å². The van der Waals surface area contributed by atoms with Crippen LogP contribution in [0.4, 0.5) is 5.95 Å². The van der Waals surface area contributed by atoms with Gasteiger partial charge in [0.15, 0.2) is 0 Å². The summed E-state index contributed by atoms with van der Waals surface area (Å²) in [5.74, 6) is 1.11. The van der Waals surface area contributed by atoms with Gasteiger partial charge < -0.3 is 20.3 Å². The van der Waals surface area contributed by atoms with Crippen LogP contribution in [0.15, 0.2) is 18.2 Å². The first-order valence-electron chi connectivity index (χ1n) is 10.7. The Morgan fingerprint density at radius 2 is 1.93 bits per heavy atom. The molecule has 2 saturated heterocycles. The highest BCUT2D eigenvalue weighted by Crippen LogP contribution is 2.28. The first kappa shape index (κ1) is 20.4. The van der Waals surface area contributed by atoms with Crippen molar-refractivity contribution in [2.24, 2.45) is 11.7 Å². The van der Waals surface area contributed by atoms with Crippen LogP contribution >= 0.6 is 0 Å². The standard InChI is InChI=1S/C22H29N5O3/c1-3-30-16-6-7-18-17(13-16)14(2)24-22(25-18)26-11-8-15(9-12-26)21(29)27-10-4-5-19(27)20(23)28/h6-7,13,15,19H,3-5,8-12H2,1-2H3,(H2,23,28)/t19-/m0/s1. The Morgan fingerprint density at radius 1 is 1.17 bits per heavy atom. The van der Waals surface area contributed by atoms with Gasteiger partial charge in [-0.15, -0.1) is 0 Å². The number of hydrogen-bond acceptors (Lipinski definition) is 6. The van der Waals surface area contributed by atoms with Gasteiger partial charge in [0.25, 0.3) is 0 Å². The number of hydrogen-bond donors (Lipinski definition) is 1. The van der Waals surface area contributed by atoms with E-state index in [0.717, 1.165) is 41.6 Å². The molecule has 0 radical (unpaired) electrons. The van der Waals surface area contributed by atoms with Crippen molar-refractivity contribution < 1.29 is 14.3 Å². The molecular formula is C22H29N5O3. The zero-order valence-electron chi connectivity index (χ0n) is 17.6. The van der Waals surface area contributed by atoms with Gasteiger partial charge in [-0.2, -0.15) is 0 Å². The fourth-order valence-electron chi connectivity index (χ4n) is 4.53. The Bertz CT molecular complexity index is 955. The number of carbonyl (C=O) groups excluding carboxylic acids is 2. The molecule has 0 unspecified atom stereocenters. The van der Waals surface area contributed by atoms with E-state index in [1.807, 2.05) is 32.0 Å². The maximum Gasteiger partial charge on any atom is 0.240 e. The summed E-state index contributed by atoms with van der Waals surface area (Å²) in [5, 5.41) is 0.987. The van der Waals surface area contributed by atoms with Gasteiger partial charge in [0.05, 0.1) is 17.8 Å². The zero-order valence-corrected chi connectivity index (χ0v) is 17.6. The molecule has 1 aromatic heterocycles. The Morgan fingerprint density at radius 3 is 2.63 bits per heavy atom. The second kappa shape index (κ2) is 8.45. The normalized spacial score (nSPS) is 20.0. The van der Waals surface area contributed by atoms with E-state index < -0.39 is 11.9 Å². The molecule has 30 heavy (non-hydrogen) atoms. The number of aryl methyl sites for hydroxylation is 1. The fourth-order valence-corrected chi connectivity index (χ4v) is 4.53. The van der Waals surface area contributed by atoms with Crippen LogP contribution in [0.2, 0.25) is 0 Å². The highest BCUT2D eigenvalue weighted by Gasteiger charge is 2.37. The number of carbonyl (C=O) groups is 2. The van der Waals surface area contributed by atoms with E-state index in [2.05, 4.69) is 4.90 Å². The number of likely N-dealkylation sites (tertiary alicyclic amines) is 1. The predicted octanol–water partition coefficient (Wildman–Crippen LogP) is 2.03. The number of primary amides is 1. The SMILES string of the molecule is CCOc1ccc2nc(N3CCC(C(=O)N4CCC[C@H]4C(N)=O)CC3)nc(C)c2c1. The summed E-state index contributed by atoms with van der Waals surface area (Å²) in [6.07, 6.45) is 2.97. The largest absolute Gasteiger partial charge is 0.494 e. The van der Waals surface area contributed by atoms with Crippen LogP contribution in [-0.4, -0.2) is 59.0 Å². The van der Waals surface area contributed by atoms with Crippen LogP contribution < -0.4 is 15.4 Å². The van der Waals surface area contributed by atoms with Crippen LogP contribution in [0.1, 0.15) is 38.3 Å². The molecule has 2 fully saturated rings. The molecule has 160 valence electrons. The molecule has 4 rings (SSSR count). The van der Waals surface area contributed by atoms with E-state index in [9.17, 15) is 9.59 Å².